The van der Waals surface area contributed by atoms with Crippen molar-refractivity contribution in [3.63, 3.8) is 0 Å². The monoisotopic (exact) mass is 288 g/mol. The van der Waals surface area contributed by atoms with E-state index in [0.717, 1.165) is 12.3 Å². The van der Waals surface area contributed by atoms with E-state index in [9.17, 15) is 0 Å². The van der Waals surface area contributed by atoms with Crippen LogP contribution in [0.5, 0.6) is 5.75 Å². The number of hydrogen-bond donors (Lipinski definition) is 1. The van der Waals surface area contributed by atoms with E-state index in [0.29, 0.717) is 18.1 Å². The fourth-order valence-electron chi connectivity index (χ4n) is 3.95. The van der Waals surface area contributed by atoms with Crippen LogP contribution in [0.3, 0.4) is 0 Å². The molecule has 0 amide bonds. The molecule has 3 unspecified atom stereocenters. The Balaban J connectivity index is 1.86. The molecule has 1 heterocycles. The van der Waals surface area contributed by atoms with E-state index in [1.807, 2.05) is 0 Å². The van der Waals surface area contributed by atoms with Crippen molar-refractivity contribution < 1.29 is 4.74 Å². The second-order valence-electron chi connectivity index (χ2n) is 6.39. The third kappa shape index (κ3) is 2.82. The molecule has 1 aromatic rings. The van der Waals surface area contributed by atoms with E-state index in [1.165, 1.54) is 43.4 Å². The number of aryl methyl sites for hydroxylation is 1. The molecule has 0 spiro atoms. The Hall–Kier alpha value is -1.06. The van der Waals surface area contributed by atoms with E-state index in [2.05, 4.69) is 42.3 Å². The lowest BCUT2D eigenvalue weighted by Crippen LogP contribution is -2.56. The van der Waals surface area contributed by atoms with Gasteiger partial charge in [0.05, 0.1) is 7.11 Å². The second kappa shape index (κ2) is 6.37. The van der Waals surface area contributed by atoms with Crippen molar-refractivity contribution in [3.8, 4) is 5.75 Å². The van der Waals surface area contributed by atoms with Gasteiger partial charge < -0.3 is 10.1 Å². The zero-order chi connectivity index (χ0) is 14.8. The average Bonchev–Trinajstić information content (AvgIpc) is 2.96. The van der Waals surface area contributed by atoms with Crippen LogP contribution in [0.4, 0.5) is 0 Å². The van der Waals surface area contributed by atoms with Gasteiger partial charge in [-0.15, -0.1) is 0 Å². The van der Waals surface area contributed by atoms with Crippen molar-refractivity contribution in [2.24, 2.45) is 0 Å². The van der Waals surface area contributed by atoms with E-state index >= 15 is 0 Å². The standard InChI is InChI=1S/C18H28N2O/c1-4-14-12-20(15(5-2)11-19-14)18-9-7-13-6-8-16(21-3)10-17(13)18/h6,8,10,14-15,18-19H,4-5,7,9,11-12H2,1-3H3. The minimum atomic E-state index is 0.580. The van der Waals surface area contributed by atoms with Crippen LogP contribution in [0.1, 0.15) is 50.3 Å². The topological polar surface area (TPSA) is 24.5 Å². The van der Waals surface area contributed by atoms with Gasteiger partial charge in [0, 0.05) is 31.2 Å². The van der Waals surface area contributed by atoms with Gasteiger partial charge in [-0.05, 0) is 48.9 Å². The molecule has 2 aliphatic rings. The summed E-state index contributed by atoms with van der Waals surface area (Å²) in [6.45, 7) is 6.90. The van der Waals surface area contributed by atoms with E-state index in [1.54, 1.807) is 7.11 Å². The Labute approximate surface area is 128 Å². The van der Waals surface area contributed by atoms with Gasteiger partial charge in [-0.2, -0.15) is 0 Å². The first-order valence-corrected chi connectivity index (χ1v) is 8.42. The molecule has 0 aromatic heterocycles. The first-order valence-electron chi connectivity index (χ1n) is 8.42. The SMILES string of the molecule is CCC1CN(C2CCc3ccc(OC)cc32)C(CC)CN1. The zero-order valence-corrected chi connectivity index (χ0v) is 13.6. The molecule has 1 saturated heterocycles. The Morgan fingerprint density at radius 2 is 2.14 bits per heavy atom. The lowest BCUT2D eigenvalue weighted by atomic mass is 9.99. The molecule has 1 aliphatic heterocycles. The van der Waals surface area contributed by atoms with Gasteiger partial charge in [0.1, 0.15) is 5.75 Å². The number of hydrogen-bond acceptors (Lipinski definition) is 3. The van der Waals surface area contributed by atoms with Crippen LogP contribution in [-0.2, 0) is 6.42 Å². The highest BCUT2D eigenvalue weighted by Crippen LogP contribution is 2.39. The van der Waals surface area contributed by atoms with Crippen LogP contribution in [-0.4, -0.2) is 37.2 Å². The van der Waals surface area contributed by atoms with Crippen molar-refractivity contribution in [1.29, 1.82) is 0 Å². The van der Waals surface area contributed by atoms with Gasteiger partial charge in [-0.25, -0.2) is 0 Å². The molecule has 3 nitrogen and oxygen atoms in total. The van der Waals surface area contributed by atoms with Gasteiger partial charge in [-0.1, -0.05) is 19.9 Å². The number of fused-ring (bicyclic) bond motifs is 1. The molecule has 1 N–H and O–H groups in total. The van der Waals surface area contributed by atoms with E-state index in [4.69, 9.17) is 4.74 Å². The quantitative estimate of drug-likeness (QED) is 0.921. The van der Waals surface area contributed by atoms with E-state index < -0.39 is 0 Å². The predicted molar refractivity (Wildman–Crippen MR) is 86.9 cm³/mol. The van der Waals surface area contributed by atoms with Crippen molar-refractivity contribution >= 4 is 0 Å². The molecule has 0 saturated carbocycles. The molecular weight excluding hydrogens is 260 g/mol. The Bertz CT molecular complexity index is 488. The lowest BCUT2D eigenvalue weighted by Gasteiger charge is -2.43. The van der Waals surface area contributed by atoms with Gasteiger partial charge >= 0.3 is 0 Å². The summed E-state index contributed by atoms with van der Waals surface area (Å²) in [7, 11) is 1.76. The van der Waals surface area contributed by atoms with Crippen LogP contribution in [0.2, 0.25) is 0 Å². The maximum atomic E-state index is 5.44. The molecule has 3 heteroatoms. The zero-order valence-electron chi connectivity index (χ0n) is 13.6. The summed E-state index contributed by atoms with van der Waals surface area (Å²) in [5, 5.41) is 3.70. The molecule has 1 fully saturated rings. The fraction of sp³-hybridized carbons (Fsp3) is 0.667. The van der Waals surface area contributed by atoms with E-state index in [-0.39, 0.29) is 0 Å². The first kappa shape index (κ1) is 14.9. The van der Waals surface area contributed by atoms with Crippen molar-refractivity contribution in [2.45, 2.75) is 57.7 Å². The summed E-state index contributed by atoms with van der Waals surface area (Å²) in [6.07, 6.45) is 4.90. The number of nitrogens with one attached hydrogen (secondary N) is 1. The summed E-state index contributed by atoms with van der Waals surface area (Å²) in [5.41, 5.74) is 3.02. The highest BCUT2D eigenvalue weighted by molar-refractivity contribution is 5.41. The summed E-state index contributed by atoms with van der Waals surface area (Å²) in [4.78, 5) is 2.76. The smallest absolute Gasteiger partial charge is 0.119 e. The highest BCUT2D eigenvalue weighted by atomic mass is 16.5. The third-order valence-corrected chi connectivity index (χ3v) is 5.31. The van der Waals surface area contributed by atoms with Crippen LogP contribution in [0.25, 0.3) is 0 Å². The molecule has 0 radical (unpaired) electrons. The molecule has 1 aliphatic carbocycles. The molecule has 3 atom stereocenters. The molecular formula is C18H28N2O. The summed E-state index contributed by atoms with van der Waals surface area (Å²) in [6, 6.07) is 8.51. The third-order valence-electron chi connectivity index (χ3n) is 5.31. The van der Waals surface area contributed by atoms with Crippen molar-refractivity contribution in [3.05, 3.63) is 29.3 Å². The van der Waals surface area contributed by atoms with Crippen LogP contribution >= 0.6 is 0 Å². The molecule has 21 heavy (non-hydrogen) atoms. The van der Waals surface area contributed by atoms with Crippen LogP contribution in [0.15, 0.2) is 18.2 Å². The minimum absolute atomic E-state index is 0.580. The van der Waals surface area contributed by atoms with Crippen LogP contribution < -0.4 is 10.1 Å². The van der Waals surface area contributed by atoms with Gasteiger partial charge in [-0.3, -0.25) is 4.90 Å². The summed E-state index contributed by atoms with van der Waals surface area (Å²) < 4.78 is 5.44. The van der Waals surface area contributed by atoms with Crippen molar-refractivity contribution in [2.75, 3.05) is 20.2 Å². The predicted octanol–water partition coefficient (Wildman–Crippen LogP) is 3.14. The first-order chi connectivity index (χ1) is 10.3. The number of nitrogens with zero attached hydrogens (tertiary/aromatic N) is 1. The summed E-state index contributed by atoms with van der Waals surface area (Å²) >= 11 is 0. The molecule has 3 rings (SSSR count). The number of benzene rings is 1. The van der Waals surface area contributed by atoms with Gasteiger partial charge in [0.15, 0.2) is 0 Å². The normalized spacial score (nSPS) is 29.4. The second-order valence-corrected chi connectivity index (χ2v) is 6.39. The fourth-order valence-corrected chi connectivity index (χ4v) is 3.95. The molecule has 1 aromatic carbocycles. The maximum Gasteiger partial charge on any atom is 0.119 e. The number of ether oxygens (including phenoxy) is 1. The Morgan fingerprint density at radius 3 is 2.86 bits per heavy atom. The highest BCUT2D eigenvalue weighted by Gasteiger charge is 2.35. The van der Waals surface area contributed by atoms with Crippen molar-refractivity contribution in [1.82, 2.24) is 10.2 Å². The minimum Gasteiger partial charge on any atom is -0.497 e. The molecule has 116 valence electrons. The summed E-state index contributed by atoms with van der Waals surface area (Å²) in [5.74, 6) is 0.996. The average molecular weight is 288 g/mol. The number of piperazine rings is 1. The molecule has 0 bridgehead atoms. The largest absolute Gasteiger partial charge is 0.497 e. The maximum absolute atomic E-state index is 5.44. The number of rotatable bonds is 4. The lowest BCUT2D eigenvalue weighted by molar-refractivity contribution is 0.0774. The Morgan fingerprint density at radius 1 is 1.29 bits per heavy atom. The van der Waals surface area contributed by atoms with Gasteiger partial charge in [0.25, 0.3) is 0 Å². The Kier molecular flexibility index (Phi) is 4.51. The number of methoxy groups -OCH3 is 1. The van der Waals surface area contributed by atoms with Gasteiger partial charge in [0.2, 0.25) is 0 Å². The van der Waals surface area contributed by atoms with Crippen LogP contribution in [0, 0.1) is 0 Å².